The van der Waals surface area contributed by atoms with Crippen LogP contribution < -0.4 is 10.6 Å². The van der Waals surface area contributed by atoms with E-state index in [2.05, 4.69) is 15.6 Å². The van der Waals surface area contributed by atoms with Crippen molar-refractivity contribution in [2.45, 2.75) is 13.3 Å². The average Bonchev–Trinajstić information content (AvgIpc) is 2.81. The van der Waals surface area contributed by atoms with Gasteiger partial charge in [-0.3, -0.25) is 4.79 Å². The number of hydrogen-bond acceptors (Lipinski definition) is 4. The zero-order valence-electron chi connectivity index (χ0n) is 9.69. The maximum absolute atomic E-state index is 11.4. The Hall–Kier alpha value is -1.62. The van der Waals surface area contributed by atoms with Crippen LogP contribution in [-0.4, -0.2) is 24.0 Å². The number of anilines is 1. The van der Waals surface area contributed by atoms with Crippen molar-refractivity contribution in [3.8, 4) is 0 Å². The lowest BCUT2D eigenvalue weighted by atomic mass is 10.3. The molecule has 2 rings (SSSR count). The van der Waals surface area contributed by atoms with Gasteiger partial charge in [0, 0.05) is 12.2 Å². The van der Waals surface area contributed by atoms with Crippen LogP contribution >= 0.6 is 11.3 Å². The third-order valence-electron chi connectivity index (χ3n) is 2.36. The first-order valence-corrected chi connectivity index (χ1v) is 6.51. The smallest absolute Gasteiger partial charge is 0.239 e. The number of nitrogens with one attached hydrogen (secondary N) is 2. The molecule has 0 aliphatic carbocycles. The Morgan fingerprint density at radius 3 is 3.18 bits per heavy atom. The van der Waals surface area contributed by atoms with Crippen molar-refractivity contribution in [1.29, 1.82) is 0 Å². The van der Waals surface area contributed by atoms with Crippen LogP contribution in [-0.2, 0) is 4.79 Å². The van der Waals surface area contributed by atoms with Crippen molar-refractivity contribution < 1.29 is 4.79 Å². The Kier molecular flexibility index (Phi) is 3.93. The van der Waals surface area contributed by atoms with E-state index >= 15 is 0 Å². The summed E-state index contributed by atoms with van der Waals surface area (Å²) in [5.41, 5.74) is 3.77. The molecule has 1 aromatic heterocycles. The molecule has 0 fully saturated rings. The van der Waals surface area contributed by atoms with E-state index < -0.39 is 0 Å². The molecule has 0 aliphatic heterocycles. The van der Waals surface area contributed by atoms with Gasteiger partial charge in [-0.1, -0.05) is 6.92 Å². The van der Waals surface area contributed by atoms with Gasteiger partial charge < -0.3 is 10.6 Å². The highest BCUT2D eigenvalue weighted by Gasteiger charge is 2.01. The van der Waals surface area contributed by atoms with Gasteiger partial charge in [-0.15, -0.1) is 11.3 Å². The number of aromatic nitrogens is 1. The molecular weight excluding hydrogens is 234 g/mol. The van der Waals surface area contributed by atoms with Gasteiger partial charge in [0.25, 0.3) is 0 Å². The minimum Gasteiger partial charge on any atom is -0.376 e. The first-order chi connectivity index (χ1) is 8.29. The van der Waals surface area contributed by atoms with Gasteiger partial charge in [-0.2, -0.15) is 0 Å². The molecule has 17 heavy (non-hydrogen) atoms. The summed E-state index contributed by atoms with van der Waals surface area (Å²) in [6, 6.07) is 5.91. The van der Waals surface area contributed by atoms with Crippen molar-refractivity contribution in [1.82, 2.24) is 10.3 Å². The van der Waals surface area contributed by atoms with Gasteiger partial charge in [-0.25, -0.2) is 4.98 Å². The molecule has 0 bridgehead atoms. The molecule has 4 nitrogen and oxygen atoms in total. The Morgan fingerprint density at radius 1 is 1.47 bits per heavy atom. The lowest BCUT2D eigenvalue weighted by Gasteiger charge is -2.06. The molecule has 1 heterocycles. The summed E-state index contributed by atoms with van der Waals surface area (Å²) in [6.45, 7) is 3.07. The zero-order valence-corrected chi connectivity index (χ0v) is 10.5. The molecule has 2 aromatic rings. The number of carbonyl (C=O) groups excluding carboxylic acids is 1. The molecule has 2 N–H and O–H groups in total. The molecule has 0 spiro atoms. The highest BCUT2D eigenvalue weighted by Crippen LogP contribution is 2.21. The van der Waals surface area contributed by atoms with Crippen molar-refractivity contribution in [3.63, 3.8) is 0 Å². The lowest BCUT2D eigenvalue weighted by molar-refractivity contribution is -0.119. The number of nitrogens with zero attached hydrogens (tertiary/aromatic N) is 1. The van der Waals surface area contributed by atoms with E-state index in [0.29, 0.717) is 6.54 Å². The van der Waals surface area contributed by atoms with Gasteiger partial charge in [0.1, 0.15) is 0 Å². The molecule has 0 saturated heterocycles. The second-order valence-electron chi connectivity index (χ2n) is 3.74. The molecule has 1 amide bonds. The Morgan fingerprint density at radius 2 is 2.35 bits per heavy atom. The number of amides is 1. The summed E-state index contributed by atoms with van der Waals surface area (Å²) < 4.78 is 1.13. The van der Waals surface area contributed by atoms with E-state index in [1.165, 1.54) is 0 Å². The zero-order chi connectivity index (χ0) is 12.1. The summed E-state index contributed by atoms with van der Waals surface area (Å²) >= 11 is 1.60. The molecule has 0 aliphatic rings. The SMILES string of the molecule is CCCNC(=O)CNc1ccc2ncsc2c1. The number of fused-ring (bicyclic) bond motifs is 1. The standard InChI is InChI=1S/C12H15N3OS/c1-2-5-13-12(16)7-14-9-3-4-10-11(6-9)17-8-15-10/h3-4,6,8,14H,2,5,7H2,1H3,(H,13,16). The van der Waals surface area contributed by atoms with Crippen LogP contribution in [0, 0.1) is 0 Å². The molecular formula is C12H15N3OS. The summed E-state index contributed by atoms with van der Waals surface area (Å²) in [7, 11) is 0. The predicted molar refractivity (Wildman–Crippen MR) is 71.4 cm³/mol. The van der Waals surface area contributed by atoms with Crippen molar-refractivity contribution >= 4 is 33.1 Å². The van der Waals surface area contributed by atoms with Gasteiger partial charge in [0.05, 0.1) is 22.3 Å². The highest BCUT2D eigenvalue weighted by atomic mass is 32.1. The van der Waals surface area contributed by atoms with E-state index in [-0.39, 0.29) is 5.91 Å². The lowest BCUT2D eigenvalue weighted by Crippen LogP contribution is -2.30. The van der Waals surface area contributed by atoms with Crippen LogP contribution in [0.4, 0.5) is 5.69 Å². The Labute approximate surface area is 104 Å². The fraction of sp³-hybridized carbons (Fsp3) is 0.333. The maximum Gasteiger partial charge on any atom is 0.239 e. The molecule has 90 valence electrons. The minimum atomic E-state index is 0.0243. The number of carbonyl (C=O) groups is 1. The van der Waals surface area contributed by atoms with Gasteiger partial charge in [0.15, 0.2) is 0 Å². The number of hydrogen-bond donors (Lipinski definition) is 2. The largest absolute Gasteiger partial charge is 0.376 e. The van der Waals surface area contributed by atoms with Crippen LogP contribution in [0.25, 0.3) is 10.2 Å². The molecule has 0 saturated carbocycles. The molecule has 0 unspecified atom stereocenters. The van der Waals surface area contributed by atoms with Crippen LogP contribution in [0.2, 0.25) is 0 Å². The fourth-order valence-electron chi connectivity index (χ4n) is 1.47. The van der Waals surface area contributed by atoms with Crippen LogP contribution in [0.15, 0.2) is 23.7 Å². The second-order valence-corrected chi connectivity index (χ2v) is 4.62. The summed E-state index contributed by atoms with van der Waals surface area (Å²) in [5.74, 6) is 0.0243. The Bertz CT molecular complexity index is 509. The first kappa shape index (κ1) is 11.9. The second kappa shape index (κ2) is 5.63. The minimum absolute atomic E-state index is 0.0243. The number of rotatable bonds is 5. The van der Waals surface area contributed by atoms with Crippen LogP contribution in [0.1, 0.15) is 13.3 Å². The third kappa shape index (κ3) is 3.17. The quantitative estimate of drug-likeness (QED) is 0.854. The molecule has 1 aromatic carbocycles. The fourth-order valence-corrected chi connectivity index (χ4v) is 2.19. The van der Waals surface area contributed by atoms with Crippen molar-refractivity contribution in [2.24, 2.45) is 0 Å². The van der Waals surface area contributed by atoms with E-state index in [1.807, 2.05) is 30.6 Å². The van der Waals surface area contributed by atoms with Gasteiger partial charge in [-0.05, 0) is 24.6 Å². The topological polar surface area (TPSA) is 54.0 Å². The average molecular weight is 249 g/mol. The van der Waals surface area contributed by atoms with E-state index in [1.54, 1.807) is 11.3 Å². The van der Waals surface area contributed by atoms with Crippen LogP contribution in [0.3, 0.4) is 0 Å². The highest BCUT2D eigenvalue weighted by molar-refractivity contribution is 7.16. The van der Waals surface area contributed by atoms with E-state index in [0.717, 1.165) is 28.9 Å². The van der Waals surface area contributed by atoms with Crippen LogP contribution in [0.5, 0.6) is 0 Å². The first-order valence-electron chi connectivity index (χ1n) is 5.63. The molecule has 5 heteroatoms. The summed E-state index contributed by atoms with van der Waals surface area (Å²) in [6.07, 6.45) is 0.957. The monoisotopic (exact) mass is 249 g/mol. The van der Waals surface area contributed by atoms with Crippen molar-refractivity contribution in [2.75, 3.05) is 18.4 Å². The number of thiazole rings is 1. The summed E-state index contributed by atoms with van der Waals surface area (Å²) in [4.78, 5) is 15.6. The normalized spacial score (nSPS) is 10.4. The van der Waals surface area contributed by atoms with Gasteiger partial charge >= 0.3 is 0 Å². The molecule has 0 atom stereocenters. The maximum atomic E-state index is 11.4. The third-order valence-corrected chi connectivity index (χ3v) is 3.15. The molecule has 0 radical (unpaired) electrons. The van der Waals surface area contributed by atoms with Gasteiger partial charge in [0.2, 0.25) is 5.91 Å². The van der Waals surface area contributed by atoms with Crippen molar-refractivity contribution in [3.05, 3.63) is 23.7 Å². The summed E-state index contributed by atoms with van der Waals surface area (Å²) in [5, 5.41) is 5.93. The Balaban J connectivity index is 1.92. The van der Waals surface area contributed by atoms with E-state index in [4.69, 9.17) is 0 Å². The number of benzene rings is 1. The van der Waals surface area contributed by atoms with E-state index in [9.17, 15) is 4.79 Å². The predicted octanol–water partition coefficient (Wildman–Crippen LogP) is 2.23.